The van der Waals surface area contributed by atoms with Gasteiger partial charge in [0.15, 0.2) is 0 Å². The topological polar surface area (TPSA) is 79.3 Å². The largest absolute Gasteiger partial charge is 0.395 e. The van der Waals surface area contributed by atoms with Crippen LogP contribution >= 0.6 is 0 Å². The number of hydrogen-bond acceptors (Lipinski definition) is 4. The number of hydrogen-bond donors (Lipinski definition) is 2. The van der Waals surface area contributed by atoms with E-state index >= 15 is 0 Å². The van der Waals surface area contributed by atoms with E-state index in [1.807, 2.05) is 13.0 Å². The van der Waals surface area contributed by atoms with Crippen LogP contribution in [-0.4, -0.2) is 31.2 Å². The molecule has 0 aliphatic heterocycles. The first-order chi connectivity index (χ1) is 8.95. The summed E-state index contributed by atoms with van der Waals surface area (Å²) in [6, 6.07) is 4.54. The molecule has 0 saturated heterocycles. The molecule has 1 aromatic carbocycles. The Morgan fingerprint density at radius 1 is 1.37 bits per heavy atom. The summed E-state index contributed by atoms with van der Waals surface area (Å²) in [5, 5.41) is 10.4. The van der Waals surface area contributed by atoms with Crippen molar-refractivity contribution in [2.75, 3.05) is 6.61 Å². The predicted molar refractivity (Wildman–Crippen MR) is 73.3 cm³/mol. The number of aromatic nitrogens is 1. The van der Waals surface area contributed by atoms with Gasteiger partial charge in [-0.3, -0.25) is 4.98 Å². The Labute approximate surface area is 112 Å². The summed E-state index contributed by atoms with van der Waals surface area (Å²) in [7, 11) is -3.66. The summed E-state index contributed by atoms with van der Waals surface area (Å²) in [6.07, 6.45) is 3.27. The van der Waals surface area contributed by atoms with E-state index in [9.17, 15) is 8.42 Å². The van der Waals surface area contributed by atoms with Gasteiger partial charge in [0.1, 0.15) is 0 Å². The minimum atomic E-state index is -3.66. The van der Waals surface area contributed by atoms with Gasteiger partial charge < -0.3 is 5.11 Å². The minimum absolute atomic E-state index is 0.213. The number of nitrogens with one attached hydrogen (secondary N) is 1. The van der Waals surface area contributed by atoms with Crippen LogP contribution in [0, 0.1) is 6.92 Å². The Kier molecular flexibility index (Phi) is 3.84. The number of rotatable bonds is 4. The first-order valence-electron chi connectivity index (χ1n) is 5.92. The first-order valence-corrected chi connectivity index (χ1v) is 7.40. The highest BCUT2D eigenvalue weighted by Gasteiger charge is 2.20. The number of fused-ring (bicyclic) bond motifs is 1. The molecule has 0 saturated carbocycles. The number of sulfonamides is 1. The van der Waals surface area contributed by atoms with Crippen molar-refractivity contribution in [3.8, 4) is 0 Å². The van der Waals surface area contributed by atoms with Crippen LogP contribution in [0.25, 0.3) is 10.8 Å². The summed E-state index contributed by atoms with van der Waals surface area (Å²) in [4.78, 5) is 4.27. The predicted octanol–water partition coefficient (Wildman–Crippen LogP) is 1.20. The van der Waals surface area contributed by atoms with E-state index in [4.69, 9.17) is 5.11 Å². The van der Waals surface area contributed by atoms with E-state index in [1.54, 1.807) is 31.5 Å². The molecule has 0 fully saturated rings. The Hall–Kier alpha value is -1.50. The van der Waals surface area contributed by atoms with Crippen LogP contribution in [-0.2, 0) is 10.0 Å². The first kappa shape index (κ1) is 13.9. The van der Waals surface area contributed by atoms with Crippen LogP contribution in [0.1, 0.15) is 12.5 Å². The van der Waals surface area contributed by atoms with Gasteiger partial charge in [0.05, 0.1) is 11.5 Å². The monoisotopic (exact) mass is 280 g/mol. The number of benzene rings is 1. The Bertz CT molecular complexity index is 693. The molecule has 0 aliphatic carbocycles. The molecule has 2 aromatic rings. The highest BCUT2D eigenvalue weighted by molar-refractivity contribution is 7.89. The van der Waals surface area contributed by atoms with E-state index < -0.39 is 16.1 Å². The number of aryl methyl sites for hydroxylation is 1. The molecule has 1 heterocycles. The van der Waals surface area contributed by atoms with E-state index in [1.165, 1.54) is 0 Å². The molecule has 0 bridgehead atoms. The fraction of sp³-hybridized carbons (Fsp3) is 0.308. The highest BCUT2D eigenvalue weighted by atomic mass is 32.2. The number of aliphatic hydroxyl groups is 1. The molecule has 6 heteroatoms. The fourth-order valence-corrected chi connectivity index (χ4v) is 3.50. The lowest BCUT2D eigenvalue weighted by Gasteiger charge is -2.14. The van der Waals surface area contributed by atoms with Gasteiger partial charge in [-0.2, -0.15) is 0 Å². The third-order valence-electron chi connectivity index (χ3n) is 2.85. The van der Waals surface area contributed by atoms with Gasteiger partial charge in [0.25, 0.3) is 0 Å². The molecule has 2 N–H and O–H groups in total. The fourth-order valence-electron chi connectivity index (χ4n) is 1.96. The molecule has 0 aliphatic rings. The molecule has 102 valence electrons. The second kappa shape index (κ2) is 5.24. The molecule has 19 heavy (non-hydrogen) atoms. The average molecular weight is 280 g/mol. The second-order valence-corrected chi connectivity index (χ2v) is 6.20. The Morgan fingerprint density at radius 3 is 2.79 bits per heavy atom. The second-order valence-electron chi connectivity index (χ2n) is 4.52. The van der Waals surface area contributed by atoms with E-state index in [2.05, 4.69) is 9.71 Å². The van der Waals surface area contributed by atoms with Gasteiger partial charge in [-0.25, -0.2) is 13.1 Å². The smallest absolute Gasteiger partial charge is 0.241 e. The molecular weight excluding hydrogens is 264 g/mol. The van der Waals surface area contributed by atoms with Crippen molar-refractivity contribution in [3.63, 3.8) is 0 Å². The van der Waals surface area contributed by atoms with Crippen molar-refractivity contribution in [1.29, 1.82) is 0 Å². The number of pyridine rings is 1. The molecule has 1 aromatic heterocycles. The van der Waals surface area contributed by atoms with Gasteiger partial charge in [0, 0.05) is 29.2 Å². The summed E-state index contributed by atoms with van der Waals surface area (Å²) in [5.41, 5.74) is 0.801. The quantitative estimate of drug-likeness (QED) is 0.882. The van der Waals surface area contributed by atoms with Gasteiger partial charge >= 0.3 is 0 Å². The van der Waals surface area contributed by atoms with Crippen LogP contribution in [0.3, 0.4) is 0 Å². The third-order valence-corrected chi connectivity index (χ3v) is 4.49. The van der Waals surface area contributed by atoms with Crippen molar-refractivity contribution >= 4 is 20.8 Å². The molecule has 0 unspecified atom stereocenters. The average Bonchev–Trinajstić information content (AvgIpc) is 2.38. The van der Waals surface area contributed by atoms with Crippen LogP contribution in [0.2, 0.25) is 0 Å². The van der Waals surface area contributed by atoms with Gasteiger partial charge in [-0.05, 0) is 25.5 Å². The third kappa shape index (κ3) is 2.75. The van der Waals surface area contributed by atoms with Crippen LogP contribution in [0.4, 0.5) is 0 Å². The maximum absolute atomic E-state index is 12.3. The molecule has 0 spiro atoms. The number of aliphatic hydroxyl groups excluding tert-OH is 1. The summed E-state index contributed by atoms with van der Waals surface area (Å²) < 4.78 is 27.1. The van der Waals surface area contributed by atoms with Crippen LogP contribution in [0.15, 0.2) is 35.5 Å². The number of nitrogens with zero attached hydrogens (tertiary/aromatic N) is 1. The summed E-state index contributed by atoms with van der Waals surface area (Å²) >= 11 is 0. The molecule has 1 atom stereocenters. The summed E-state index contributed by atoms with van der Waals surface area (Å²) in [6.45, 7) is 3.19. The highest BCUT2D eigenvalue weighted by Crippen LogP contribution is 2.25. The molecular formula is C13H16N2O3S. The van der Waals surface area contributed by atoms with E-state index in [0.717, 1.165) is 10.9 Å². The molecule has 0 radical (unpaired) electrons. The lowest BCUT2D eigenvalue weighted by Crippen LogP contribution is -2.35. The van der Waals surface area contributed by atoms with Gasteiger partial charge in [0.2, 0.25) is 10.0 Å². The van der Waals surface area contributed by atoms with E-state index in [0.29, 0.717) is 5.39 Å². The Morgan fingerprint density at radius 2 is 2.11 bits per heavy atom. The van der Waals surface area contributed by atoms with Crippen molar-refractivity contribution in [1.82, 2.24) is 9.71 Å². The van der Waals surface area contributed by atoms with Crippen molar-refractivity contribution in [3.05, 3.63) is 36.2 Å². The lowest BCUT2D eigenvalue weighted by atomic mass is 10.1. The van der Waals surface area contributed by atoms with Gasteiger partial charge in [-0.15, -0.1) is 0 Å². The zero-order chi connectivity index (χ0) is 14.0. The Balaban J connectivity index is 2.63. The lowest BCUT2D eigenvalue weighted by molar-refractivity contribution is 0.265. The maximum atomic E-state index is 12.3. The van der Waals surface area contributed by atoms with Crippen LogP contribution in [0.5, 0.6) is 0 Å². The van der Waals surface area contributed by atoms with Crippen LogP contribution < -0.4 is 4.72 Å². The minimum Gasteiger partial charge on any atom is -0.395 e. The SMILES string of the molecule is Cc1cncc2cccc(S(=O)(=O)N[C@H](C)CO)c12. The van der Waals surface area contributed by atoms with Crippen molar-refractivity contribution < 1.29 is 13.5 Å². The normalized spacial score (nSPS) is 13.6. The molecule has 0 amide bonds. The molecule has 5 nitrogen and oxygen atoms in total. The van der Waals surface area contributed by atoms with Crippen molar-refractivity contribution in [2.45, 2.75) is 24.8 Å². The standard InChI is InChI=1S/C13H16N2O3S/c1-9-6-14-7-11-4-3-5-12(13(9)11)19(17,18)15-10(2)8-16/h3-7,10,15-16H,8H2,1-2H3/t10-/m1/s1. The summed E-state index contributed by atoms with van der Waals surface area (Å²) in [5.74, 6) is 0. The van der Waals surface area contributed by atoms with Gasteiger partial charge in [-0.1, -0.05) is 12.1 Å². The van der Waals surface area contributed by atoms with E-state index in [-0.39, 0.29) is 11.5 Å². The zero-order valence-corrected chi connectivity index (χ0v) is 11.6. The maximum Gasteiger partial charge on any atom is 0.241 e. The zero-order valence-electron chi connectivity index (χ0n) is 10.8. The molecule has 2 rings (SSSR count). The van der Waals surface area contributed by atoms with Crippen molar-refractivity contribution in [2.24, 2.45) is 0 Å².